The third-order valence-electron chi connectivity index (χ3n) is 21.8. The Labute approximate surface area is 543 Å². The minimum Gasteiger partial charge on any atom is -0.0623 e. The molecule has 2 aliphatic heterocycles. The summed E-state index contributed by atoms with van der Waals surface area (Å²) in [6, 6.07) is 136. The van der Waals surface area contributed by atoms with Gasteiger partial charge in [-0.1, -0.05) is 340 Å². The second-order valence-corrected chi connectivity index (χ2v) is 33.2. The molecule has 93 heavy (non-hydrogen) atoms. The first-order valence-electron chi connectivity index (χ1n) is 32.7. The first kappa shape index (κ1) is 52.5. The minimum atomic E-state index is -3.02. The molecule has 0 amide bonds. The average Bonchev–Trinajstić information content (AvgIpc) is 1.52. The molecule has 0 nitrogen and oxygen atoms in total. The molecule has 0 unspecified atom stereocenters. The van der Waals surface area contributed by atoms with E-state index in [2.05, 4.69) is 352 Å². The molecule has 20 rings (SSSR count). The van der Waals surface area contributed by atoms with Gasteiger partial charge in [-0.25, -0.2) is 0 Å². The van der Waals surface area contributed by atoms with Crippen LogP contribution in [0.15, 0.2) is 352 Å². The summed E-state index contributed by atoms with van der Waals surface area (Å²) in [5, 5.41) is 18.8. The average molecular weight is 1210 g/mol. The van der Waals surface area contributed by atoms with Crippen molar-refractivity contribution in [1.82, 2.24) is 0 Å². The van der Waals surface area contributed by atoms with E-state index in [1.54, 1.807) is 0 Å². The second kappa shape index (κ2) is 19.9. The van der Waals surface area contributed by atoms with Gasteiger partial charge in [0, 0.05) is 0 Å². The van der Waals surface area contributed by atoms with Gasteiger partial charge >= 0.3 is 0 Å². The van der Waals surface area contributed by atoms with Crippen LogP contribution in [0, 0.1) is 0 Å². The number of hydrogen-bond acceptors (Lipinski definition) is 0. The van der Waals surface area contributed by atoms with Crippen LogP contribution in [0.2, 0.25) is 0 Å². The molecular weight excluding hydrogens is 1150 g/mol. The van der Waals surface area contributed by atoms with Crippen LogP contribution in [-0.4, -0.2) is 16.1 Å². The second-order valence-electron chi connectivity index (χ2n) is 25.8. The van der Waals surface area contributed by atoms with Crippen molar-refractivity contribution in [3.05, 3.63) is 374 Å². The standard InChI is InChI=1S/C91H58Si2/c1-5-30-60(31-6-1)92(61-32-7-2-8-33-61)84-55-23-18-41-69(84)75-50-27-48-73(89(75)92)65-44-25-46-71-78(65)58-79-66(74-49-28-51-76-70-42-19-24-56-85(70)93(90(74)76,62-34-9-3-10-35-62)63-36-11-4-12-37-63)45-26-47-72(79)86(71)80-57-59-29-13-14-38-64(59)87-77-43-17-22-54-83(77)91(88(80)87)81-52-20-15-39-67(81)68-40-16-21-53-82(68)91/h1-58H. The third-order valence-corrected chi connectivity index (χ3v) is 31.7. The van der Waals surface area contributed by atoms with Crippen LogP contribution in [0.1, 0.15) is 22.3 Å². The van der Waals surface area contributed by atoms with Crippen LogP contribution >= 0.6 is 0 Å². The predicted octanol–water partition coefficient (Wildman–Crippen LogP) is 17.2. The largest absolute Gasteiger partial charge is 0.181 e. The van der Waals surface area contributed by atoms with Gasteiger partial charge in [-0.3, -0.25) is 0 Å². The monoisotopic (exact) mass is 1210 g/mol. The molecule has 4 aliphatic rings. The summed E-state index contributed by atoms with van der Waals surface area (Å²) in [5.41, 5.74) is 22.9. The van der Waals surface area contributed by atoms with Crippen LogP contribution in [-0.2, 0) is 5.41 Å². The summed E-state index contributed by atoms with van der Waals surface area (Å²) in [7, 11) is -6.05. The summed E-state index contributed by atoms with van der Waals surface area (Å²) in [4.78, 5) is 0. The zero-order valence-electron chi connectivity index (χ0n) is 51.0. The Morgan fingerprint density at radius 2 is 0.516 bits per heavy atom. The Morgan fingerprint density at radius 1 is 0.194 bits per heavy atom. The summed E-state index contributed by atoms with van der Waals surface area (Å²) < 4.78 is 0. The molecule has 0 N–H and O–H groups in total. The zero-order valence-corrected chi connectivity index (χ0v) is 53.0. The molecule has 0 fully saturated rings. The van der Waals surface area contributed by atoms with Crippen LogP contribution in [0.3, 0.4) is 0 Å². The van der Waals surface area contributed by atoms with Gasteiger partial charge in [-0.05, 0) is 186 Å². The van der Waals surface area contributed by atoms with Crippen molar-refractivity contribution in [2.75, 3.05) is 0 Å². The van der Waals surface area contributed by atoms with E-state index in [1.165, 1.54) is 174 Å². The molecule has 2 heteroatoms. The zero-order chi connectivity index (χ0) is 61.0. The molecule has 0 radical (unpaired) electrons. The van der Waals surface area contributed by atoms with Gasteiger partial charge in [-0.15, -0.1) is 0 Å². The highest BCUT2D eigenvalue weighted by molar-refractivity contribution is 7.23. The lowest BCUT2D eigenvalue weighted by atomic mass is 9.68. The lowest BCUT2D eigenvalue weighted by Crippen LogP contribution is -2.73. The highest BCUT2D eigenvalue weighted by atomic mass is 28.3. The minimum absolute atomic E-state index is 0.632. The van der Waals surface area contributed by atoms with Crippen LogP contribution in [0.25, 0.3) is 110 Å². The maximum atomic E-state index is 2.64. The molecule has 0 saturated heterocycles. The van der Waals surface area contributed by atoms with E-state index in [9.17, 15) is 0 Å². The van der Waals surface area contributed by atoms with Gasteiger partial charge < -0.3 is 0 Å². The molecule has 0 bridgehead atoms. The molecule has 0 atom stereocenters. The van der Waals surface area contributed by atoms with E-state index in [-0.39, 0.29) is 0 Å². The number of benzene rings is 16. The molecule has 0 aromatic heterocycles. The molecule has 2 aliphatic carbocycles. The fourth-order valence-corrected chi connectivity index (χ4v) is 29.4. The molecule has 16 aromatic rings. The first-order chi connectivity index (χ1) is 46.2. The Morgan fingerprint density at radius 3 is 0.978 bits per heavy atom. The smallest absolute Gasteiger partial charge is 0.0623 e. The molecule has 0 saturated carbocycles. The topological polar surface area (TPSA) is 0 Å². The summed E-state index contributed by atoms with van der Waals surface area (Å²) in [5.74, 6) is 0. The van der Waals surface area contributed by atoms with Crippen molar-refractivity contribution < 1.29 is 0 Å². The quantitative estimate of drug-likeness (QED) is 0.110. The maximum Gasteiger partial charge on any atom is 0.181 e. The van der Waals surface area contributed by atoms with E-state index < -0.39 is 21.6 Å². The van der Waals surface area contributed by atoms with E-state index in [0.29, 0.717) is 0 Å². The van der Waals surface area contributed by atoms with Gasteiger partial charge in [0.2, 0.25) is 0 Å². The fraction of sp³-hybridized carbons (Fsp3) is 0.0110. The molecule has 2 heterocycles. The van der Waals surface area contributed by atoms with Gasteiger partial charge in [0.15, 0.2) is 16.1 Å². The molecule has 16 aromatic carbocycles. The summed E-state index contributed by atoms with van der Waals surface area (Å²) in [6.07, 6.45) is 0. The Hall–Kier alpha value is -11.3. The van der Waals surface area contributed by atoms with Crippen LogP contribution in [0.4, 0.5) is 0 Å². The van der Waals surface area contributed by atoms with Gasteiger partial charge in [-0.2, -0.15) is 0 Å². The highest BCUT2D eigenvalue weighted by Crippen LogP contribution is 2.66. The number of rotatable bonds is 7. The Kier molecular flexibility index (Phi) is 11.2. The van der Waals surface area contributed by atoms with Crippen molar-refractivity contribution in [3.63, 3.8) is 0 Å². The lowest BCUT2D eigenvalue weighted by Gasteiger charge is -2.34. The van der Waals surface area contributed by atoms with E-state index >= 15 is 0 Å². The third kappa shape index (κ3) is 6.83. The molecule has 1 spiro atoms. The maximum absolute atomic E-state index is 3.02. The normalized spacial score (nSPS) is 14.3. The van der Waals surface area contributed by atoms with Crippen LogP contribution < -0.4 is 41.5 Å². The van der Waals surface area contributed by atoms with Crippen molar-refractivity contribution in [2.45, 2.75) is 5.41 Å². The van der Waals surface area contributed by atoms with E-state index in [0.717, 1.165) is 0 Å². The van der Waals surface area contributed by atoms with Gasteiger partial charge in [0.25, 0.3) is 0 Å². The lowest BCUT2D eigenvalue weighted by molar-refractivity contribution is 0.796. The van der Waals surface area contributed by atoms with E-state index in [1.807, 2.05) is 0 Å². The van der Waals surface area contributed by atoms with Crippen molar-refractivity contribution in [2.24, 2.45) is 0 Å². The van der Waals surface area contributed by atoms with Crippen molar-refractivity contribution in [1.29, 1.82) is 0 Å². The summed E-state index contributed by atoms with van der Waals surface area (Å²) >= 11 is 0. The molecular formula is C91H58Si2. The predicted molar refractivity (Wildman–Crippen MR) is 397 cm³/mol. The SMILES string of the molecule is c1ccc([Si]2(c3ccccc3)c3ccccc3-c3cccc(-c4cccc5c(-c6cc7ccccc7c7c6C6(c8ccccc8-c8ccccc86)c6ccccc6-7)c6cccc(-c7cccc8c7[Si](c7ccccc7)(c7ccccc7)c7ccccc7-8)c6cc45)c32)cc1. The first-order valence-corrected chi connectivity index (χ1v) is 36.7. The Bertz CT molecular complexity index is 5440. The highest BCUT2D eigenvalue weighted by Gasteiger charge is 2.55. The van der Waals surface area contributed by atoms with Gasteiger partial charge in [0.1, 0.15) is 0 Å². The number of hydrogen-bond donors (Lipinski definition) is 0. The fourth-order valence-electron chi connectivity index (χ4n) is 18.6. The van der Waals surface area contributed by atoms with Gasteiger partial charge in [0.05, 0.1) is 5.41 Å². The number of fused-ring (bicyclic) bond motifs is 20. The van der Waals surface area contributed by atoms with Crippen molar-refractivity contribution >= 4 is 90.0 Å². The van der Waals surface area contributed by atoms with Crippen LogP contribution in [0.5, 0.6) is 0 Å². The summed E-state index contributed by atoms with van der Waals surface area (Å²) in [6.45, 7) is 0. The molecule has 430 valence electrons. The van der Waals surface area contributed by atoms with E-state index in [4.69, 9.17) is 0 Å². The van der Waals surface area contributed by atoms with Crippen molar-refractivity contribution in [3.8, 4) is 77.9 Å². The Balaban J connectivity index is 0.977.